The van der Waals surface area contributed by atoms with Crippen LogP contribution in [-0.4, -0.2) is 75.8 Å². The lowest BCUT2D eigenvalue weighted by atomic mass is 10.1. The van der Waals surface area contributed by atoms with Crippen LogP contribution in [0.2, 0.25) is 0 Å². The van der Waals surface area contributed by atoms with Crippen LogP contribution in [0.4, 0.5) is 9.59 Å². The monoisotopic (exact) mass is 972 g/mol. The number of ether oxygens (including phenoxy) is 5. The first-order valence-corrected chi connectivity index (χ1v) is 24.6. The summed E-state index contributed by atoms with van der Waals surface area (Å²) in [6.45, 7) is 8.54. The highest BCUT2D eigenvalue weighted by Crippen LogP contribution is 2.46. The molecule has 0 radical (unpaired) electrons. The van der Waals surface area contributed by atoms with Crippen LogP contribution in [0.1, 0.15) is 100 Å². The fourth-order valence-electron chi connectivity index (χ4n) is 9.57. The van der Waals surface area contributed by atoms with Crippen molar-refractivity contribution in [2.24, 2.45) is 0 Å². The number of fused-ring (bicyclic) bond motifs is 7. The lowest BCUT2D eigenvalue weighted by molar-refractivity contribution is -0.152. The quantitative estimate of drug-likeness (QED) is 0.0342. The van der Waals surface area contributed by atoms with E-state index in [0.29, 0.717) is 12.2 Å². The number of carbonyl (C=O) groups is 3. The molecule has 0 bridgehead atoms. The van der Waals surface area contributed by atoms with Crippen LogP contribution in [0, 0.1) is 0 Å². The zero-order chi connectivity index (χ0) is 50.1. The molecule has 2 amide bonds. The van der Waals surface area contributed by atoms with Gasteiger partial charge < -0.3 is 34.3 Å². The van der Waals surface area contributed by atoms with E-state index in [1.54, 1.807) is 4.57 Å². The first-order valence-electron chi connectivity index (χ1n) is 24.6. The molecule has 2 N–H and O–H groups in total. The van der Waals surface area contributed by atoms with Crippen LogP contribution in [0.5, 0.6) is 0 Å². The van der Waals surface area contributed by atoms with Gasteiger partial charge in [-0.05, 0) is 75.6 Å². The van der Waals surface area contributed by atoms with Crippen molar-refractivity contribution in [3.05, 3.63) is 177 Å². The summed E-state index contributed by atoms with van der Waals surface area (Å²) in [4.78, 5) is 62.5. The van der Waals surface area contributed by atoms with Gasteiger partial charge >= 0.3 is 18.2 Å². The second kappa shape index (κ2) is 22.6. The highest BCUT2D eigenvalue weighted by atomic mass is 16.6. The maximum Gasteiger partial charge on any atom is 0.408 e. The molecule has 1 aliphatic heterocycles. The third-order valence-corrected chi connectivity index (χ3v) is 13.3. The van der Waals surface area contributed by atoms with Crippen molar-refractivity contribution in [2.75, 3.05) is 26.3 Å². The average molecular weight is 973 g/mol. The van der Waals surface area contributed by atoms with E-state index in [0.717, 1.165) is 70.2 Å². The molecule has 15 heteroatoms. The average Bonchev–Trinajstić information content (AvgIpc) is 4.15. The molecule has 0 spiro atoms. The highest BCUT2D eigenvalue weighted by molar-refractivity contribution is 5.82. The van der Waals surface area contributed by atoms with Gasteiger partial charge in [0.05, 0.1) is 19.5 Å². The summed E-state index contributed by atoms with van der Waals surface area (Å²) in [6.07, 6.45) is 8.72. The number of nitrogens with zero attached hydrogens (tertiary/aromatic N) is 4. The molecule has 1 saturated heterocycles. The molecular formula is C57H60N6O9. The van der Waals surface area contributed by atoms with Crippen molar-refractivity contribution < 1.29 is 38.1 Å². The molecule has 3 heterocycles. The van der Waals surface area contributed by atoms with Gasteiger partial charge in [0.25, 0.3) is 5.56 Å². The Morgan fingerprint density at radius 1 is 0.681 bits per heavy atom. The second-order valence-electron chi connectivity index (χ2n) is 18.7. The SMILES string of the molecule is CC(C)=CCCC(C)=CCCC(C)=CCn1cnc2c(ncn2C2CC(OC(=O)CNC(=O)OC3c4ccccc4-c4ccccc43)C(COCCNC(=O)OC3c4ccccc4-c4ccccc43)O2)c1=O. The fourth-order valence-corrected chi connectivity index (χ4v) is 9.57. The molecule has 3 aliphatic rings. The van der Waals surface area contributed by atoms with Crippen LogP contribution in [0.3, 0.4) is 0 Å². The van der Waals surface area contributed by atoms with E-state index in [1.165, 1.54) is 33.9 Å². The van der Waals surface area contributed by atoms with Crippen molar-refractivity contribution in [1.29, 1.82) is 0 Å². The molecular weight excluding hydrogens is 913 g/mol. The predicted molar refractivity (Wildman–Crippen MR) is 273 cm³/mol. The number of hydrogen-bond acceptors (Lipinski definition) is 11. The van der Waals surface area contributed by atoms with E-state index in [2.05, 4.69) is 60.4 Å². The van der Waals surface area contributed by atoms with Gasteiger partial charge in [0.2, 0.25) is 0 Å². The number of benzene rings is 4. The van der Waals surface area contributed by atoms with Crippen LogP contribution in [-0.2, 0) is 35.0 Å². The summed E-state index contributed by atoms with van der Waals surface area (Å²) in [7, 11) is 0. The van der Waals surface area contributed by atoms with Crippen LogP contribution < -0.4 is 16.2 Å². The molecule has 372 valence electrons. The maximum atomic E-state index is 13.7. The zero-order valence-corrected chi connectivity index (χ0v) is 41.0. The summed E-state index contributed by atoms with van der Waals surface area (Å²) >= 11 is 0. The Balaban J connectivity index is 0.821. The van der Waals surface area contributed by atoms with Gasteiger partial charge in [-0.2, -0.15) is 0 Å². The molecule has 9 rings (SSSR count). The molecule has 6 aromatic rings. The number of hydrogen-bond donors (Lipinski definition) is 2. The summed E-state index contributed by atoms with van der Waals surface area (Å²) in [5.41, 5.74) is 11.6. The number of rotatable bonds is 19. The topological polar surface area (TPSA) is 174 Å². The van der Waals surface area contributed by atoms with Crippen LogP contribution in [0.15, 0.2) is 149 Å². The number of esters is 1. The molecule has 3 unspecified atom stereocenters. The Kier molecular flexibility index (Phi) is 15.5. The van der Waals surface area contributed by atoms with Crippen molar-refractivity contribution in [3.8, 4) is 22.3 Å². The van der Waals surface area contributed by atoms with Crippen molar-refractivity contribution in [3.63, 3.8) is 0 Å². The Hall–Kier alpha value is -7.62. The van der Waals surface area contributed by atoms with Crippen LogP contribution in [0.25, 0.3) is 33.4 Å². The third kappa shape index (κ3) is 11.3. The van der Waals surface area contributed by atoms with Gasteiger partial charge in [-0.3, -0.25) is 18.7 Å². The number of amides is 2. The normalized spacial score (nSPS) is 17.2. The van der Waals surface area contributed by atoms with Gasteiger partial charge in [-0.25, -0.2) is 19.6 Å². The molecule has 4 aromatic carbocycles. The van der Waals surface area contributed by atoms with E-state index in [9.17, 15) is 19.2 Å². The Morgan fingerprint density at radius 2 is 1.22 bits per heavy atom. The minimum atomic E-state index is -0.837. The van der Waals surface area contributed by atoms with Gasteiger partial charge in [-0.15, -0.1) is 0 Å². The van der Waals surface area contributed by atoms with Gasteiger partial charge in [-0.1, -0.05) is 132 Å². The van der Waals surface area contributed by atoms with E-state index < -0.39 is 55.3 Å². The molecule has 2 aromatic heterocycles. The lowest BCUT2D eigenvalue weighted by Crippen LogP contribution is -2.37. The smallest absolute Gasteiger partial charge is 0.408 e. The largest absolute Gasteiger partial charge is 0.458 e. The van der Waals surface area contributed by atoms with Crippen molar-refractivity contribution >= 4 is 29.3 Å². The first-order chi connectivity index (χ1) is 35.0. The zero-order valence-electron chi connectivity index (χ0n) is 41.0. The highest BCUT2D eigenvalue weighted by Gasteiger charge is 2.40. The Morgan fingerprint density at radius 3 is 1.81 bits per heavy atom. The van der Waals surface area contributed by atoms with Gasteiger partial charge in [0.15, 0.2) is 23.4 Å². The Bertz CT molecular complexity index is 3020. The first kappa shape index (κ1) is 49.4. The van der Waals surface area contributed by atoms with E-state index in [-0.39, 0.29) is 37.3 Å². The standard InChI is InChI=1S/C57H60N6O9/c1-36(2)15-13-16-37(3)17-14-18-38(4)27-29-62-34-61-54-51(55(62)65)60-35-63(54)49-31-47(70-50(64)32-59-57(67)72-53-45-25-11-7-21-41(45)42-22-8-12-26-46(42)53)48(69-49)33-68-30-28-58-56(66)71-52-43-23-9-5-19-39(43)40-20-6-10-24-44(40)52/h5-12,15,17,19-27,34-35,47-49,52-53H,13-14,16,18,28-33H2,1-4H3,(H,58,66)(H,59,67). The molecule has 15 nitrogen and oxygen atoms in total. The lowest BCUT2D eigenvalue weighted by Gasteiger charge is -2.20. The molecule has 72 heavy (non-hydrogen) atoms. The number of alkyl carbamates (subject to hydrolysis) is 2. The van der Waals surface area contributed by atoms with Gasteiger partial charge in [0.1, 0.15) is 31.3 Å². The van der Waals surface area contributed by atoms with Gasteiger partial charge in [0, 0.05) is 41.8 Å². The fraction of sp³-hybridized carbons (Fsp3) is 0.333. The minimum Gasteiger partial charge on any atom is -0.458 e. The van der Waals surface area contributed by atoms with Crippen LogP contribution >= 0.6 is 0 Å². The number of aromatic nitrogens is 4. The molecule has 2 aliphatic carbocycles. The molecule has 3 atom stereocenters. The number of imidazole rings is 1. The maximum absolute atomic E-state index is 13.7. The number of nitrogens with one attached hydrogen (secondary N) is 2. The van der Waals surface area contributed by atoms with Crippen molar-refractivity contribution in [1.82, 2.24) is 29.7 Å². The number of carbonyl (C=O) groups excluding carboxylic acids is 3. The molecule has 1 fully saturated rings. The van der Waals surface area contributed by atoms with E-state index in [1.807, 2.05) is 103 Å². The summed E-state index contributed by atoms with van der Waals surface area (Å²) in [6, 6.07) is 31.2. The van der Waals surface area contributed by atoms with E-state index >= 15 is 0 Å². The Labute approximate surface area is 418 Å². The minimum absolute atomic E-state index is 0.0195. The third-order valence-electron chi connectivity index (χ3n) is 13.3. The van der Waals surface area contributed by atoms with E-state index in [4.69, 9.17) is 23.7 Å². The van der Waals surface area contributed by atoms with Crippen molar-refractivity contribution in [2.45, 2.75) is 97.0 Å². The summed E-state index contributed by atoms with van der Waals surface area (Å²) < 4.78 is 33.4. The summed E-state index contributed by atoms with van der Waals surface area (Å²) in [5, 5.41) is 5.33. The second-order valence-corrected chi connectivity index (χ2v) is 18.7. The number of allylic oxidation sites excluding steroid dienone is 6. The predicted octanol–water partition coefficient (Wildman–Crippen LogP) is 10.2. The summed E-state index contributed by atoms with van der Waals surface area (Å²) in [5.74, 6) is -0.719. The molecule has 0 saturated carbocycles.